The second-order valence-corrected chi connectivity index (χ2v) is 15.1. The van der Waals surface area contributed by atoms with Gasteiger partial charge in [0.2, 0.25) is 0 Å². The minimum atomic E-state index is -0.105. The Hall–Kier alpha value is -0.460. The lowest BCUT2D eigenvalue weighted by atomic mass is 9.47. The van der Waals surface area contributed by atoms with E-state index in [1.165, 1.54) is 57.9 Å². The summed E-state index contributed by atoms with van der Waals surface area (Å²) in [6, 6.07) is 0.608. The first-order valence-corrected chi connectivity index (χ1v) is 15.7. The van der Waals surface area contributed by atoms with E-state index >= 15 is 0 Å². The molecule has 206 valence electrons. The van der Waals surface area contributed by atoms with Crippen molar-refractivity contribution in [3.05, 3.63) is 11.6 Å². The largest absolute Gasteiger partial charge is 0.393 e. The van der Waals surface area contributed by atoms with Crippen molar-refractivity contribution in [2.75, 3.05) is 40.0 Å². The Morgan fingerprint density at radius 3 is 2.86 bits per heavy atom. The van der Waals surface area contributed by atoms with Crippen LogP contribution in [0.4, 0.5) is 0 Å². The van der Waals surface area contributed by atoms with E-state index in [1.54, 1.807) is 12.7 Å². The molecule has 8 aliphatic rings. The molecule has 2 heterocycles. The van der Waals surface area contributed by atoms with E-state index in [-0.39, 0.29) is 11.7 Å². The number of nitrogens with zero attached hydrogens (tertiary/aromatic N) is 1. The second-order valence-electron chi connectivity index (χ2n) is 15.1. The molecular weight excluding hydrogens is 462 g/mol. The van der Waals surface area contributed by atoms with Gasteiger partial charge < -0.3 is 19.3 Å². The van der Waals surface area contributed by atoms with Crippen molar-refractivity contribution >= 4 is 0 Å². The summed E-state index contributed by atoms with van der Waals surface area (Å²) in [6.45, 7) is 9.43. The molecule has 7 fully saturated rings. The van der Waals surface area contributed by atoms with Gasteiger partial charge in [0.25, 0.3) is 0 Å². The molecule has 37 heavy (non-hydrogen) atoms. The first-order valence-electron chi connectivity index (χ1n) is 15.7. The third kappa shape index (κ3) is 2.94. The van der Waals surface area contributed by atoms with Gasteiger partial charge >= 0.3 is 0 Å². The van der Waals surface area contributed by atoms with Crippen LogP contribution in [0.25, 0.3) is 0 Å². The van der Waals surface area contributed by atoms with Crippen LogP contribution in [0.3, 0.4) is 0 Å². The van der Waals surface area contributed by atoms with Crippen molar-refractivity contribution in [1.82, 2.24) is 4.90 Å². The van der Waals surface area contributed by atoms with Crippen molar-refractivity contribution in [2.45, 2.75) is 102 Å². The molecule has 4 unspecified atom stereocenters. The highest BCUT2D eigenvalue weighted by Crippen LogP contribution is 2.93. The number of hydrogen-bond donors (Lipinski definition) is 1. The number of fused-ring (bicyclic) bond motifs is 6. The van der Waals surface area contributed by atoms with Gasteiger partial charge in [-0.25, -0.2) is 0 Å². The van der Waals surface area contributed by atoms with Crippen molar-refractivity contribution < 1.29 is 19.3 Å². The zero-order valence-electron chi connectivity index (χ0n) is 23.4. The molecule has 0 bridgehead atoms. The molecular formula is C32H49NO4. The van der Waals surface area contributed by atoms with Crippen LogP contribution < -0.4 is 0 Å². The number of ether oxygens (including phenoxy) is 3. The molecule has 5 nitrogen and oxygen atoms in total. The quantitative estimate of drug-likeness (QED) is 0.409. The minimum Gasteiger partial charge on any atom is -0.393 e. The van der Waals surface area contributed by atoms with Crippen LogP contribution in [-0.4, -0.2) is 73.9 Å². The Kier molecular flexibility index (Phi) is 5.30. The van der Waals surface area contributed by atoms with Crippen LogP contribution in [0.1, 0.15) is 78.1 Å². The van der Waals surface area contributed by atoms with E-state index in [4.69, 9.17) is 14.2 Å². The molecule has 0 aromatic rings. The molecule has 3 spiro atoms. The Morgan fingerprint density at radius 1 is 1.11 bits per heavy atom. The van der Waals surface area contributed by atoms with Crippen molar-refractivity contribution in [1.29, 1.82) is 0 Å². The second kappa shape index (κ2) is 8.06. The number of rotatable bonds is 6. The Labute approximate surface area is 223 Å². The molecule has 0 aromatic heterocycles. The monoisotopic (exact) mass is 511 g/mol. The molecule has 5 saturated carbocycles. The fourth-order valence-corrected chi connectivity index (χ4v) is 12.6. The first kappa shape index (κ1) is 24.3. The summed E-state index contributed by atoms with van der Waals surface area (Å²) in [5.74, 6) is 4.07. The van der Waals surface area contributed by atoms with Crippen LogP contribution in [0.15, 0.2) is 11.6 Å². The smallest absolute Gasteiger partial charge is 0.0793 e. The van der Waals surface area contributed by atoms with Gasteiger partial charge in [-0.05, 0) is 98.7 Å². The zero-order valence-corrected chi connectivity index (χ0v) is 23.4. The highest BCUT2D eigenvalue weighted by Gasteiger charge is 2.91. The van der Waals surface area contributed by atoms with Gasteiger partial charge in [0.05, 0.1) is 37.6 Å². The average Bonchev–Trinajstić information content (AvgIpc) is 3.35. The van der Waals surface area contributed by atoms with E-state index in [0.29, 0.717) is 47.5 Å². The van der Waals surface area contributed by atoms with E-state index in [0.717, 1.165) is 49.7 Å². The zero-order chi connectivity index (χ0) is 25.2. The fourth-order valence-electron chi connectivity index (χ4n) is 12.6. The molecule has 2 aliphatic heterocycles. The Morgan fingerprint density at radius 2 is 2.00 bits per heavy atom. The molecule has 0 amide bonds. The number of allylic oxidation sites excluding steroid dienone is 1. The van der Waals surface area contributed by atoms with Crippen molar-refractivity contribution in [3.8, 4) is 0 Å². The maximum absolute atomic E-state index is 10.4. The van der Waals surface area contributed by atoms with Crippen molar-refractivity contribution in [2.24, 2.45) is 45.8 Å². The standard InChI is InChI=1S/C32H49NO4/c1-20-14-27-28(33(18-20)10-11-36-13-12-35-3)26-17-31-19-30(31)16-25-23(24(30)7-9-32(26,31)37-27)5-4-21-15-22(34)6-8-29(21,25)2/h4,20,22-28,34H,5-19H2,1-3H3/t20-,22-,23?,24-,25-,26+,27+,28-,29?,30?,31?,32+/m0/s1. The summed E-state index contributed by atoms with van der Waals surface area (Å²) >= 11 is 0. The van der Waals surface area contributed by atoms with Gasteiger partial charge in [-0.15, -0.1) is 0 Å². The highest BCUT2D eigenvalue weighted by atomic mass is 16.5. The summed E-state index contributed by atoms with van der Waals surface area (Å²) in [4.78, 5) is 2.78. The molecule has 0 aromatic carbocycles. The van der Waals surface area contributed by atoms with Gasteiger partial charge in [0.15, 0.2) is 0 Å². The summed E-state index contributed by atoms with van der Waals surface area (Å²) in [6.07, 6.45) is 15.6. The van der Waals surface area contributed by atoms with Crippen LogP contribution in [0, 0.1) is 45.8 Å². The van der Waals surface area contributed by atoms with Crippen molar-refractivity contribution in [3.63, 3.8) is 0 Å². The van der Waals surface area contributed by atoms with Crippen LogP contribution in [0.5, 0.6) is 0 Å². The van der Waals surface area contributed by atoms with Gasteiger partial charge in [-0.2, -0.15) is 0 Å². The van der Waals surface area contributed by atoms with Crippen LogP contribution in [-0.2, 0) is 14.2 Å². The lowest BCUT2D eigenvalue weighted by Crippen LogP contribution is -2.64. The number of aliphatic hydroxyl groups is 1. The number of methoxy groups -OCH3 is 1. The number of aliphatic hydroxyl groups excluding tert-OH is 1. The normalized spacial score (nSPS) is 57.0. The maximum Gasteiger partial charge on any atom is 0.0793 e. The molecule has 8 rings (SSSR count). The SMILES string of the molecule is COCCOCCN1C[C@@H](C)C[C@H]2O[C@@]34CC[C@H]5C6CC=C7C[C@@H](O)CCC7(C)[C@H]6CC56CC63C[C@@H]4[C@@H]21. The fraction of sp³-hybridized carbons (Fsp3) is 0.938. The minimum absolute atomic E-state index is 0.105. The number of hydrogen-bond acceptors (Lipinski definition) is 5. The average molecular weight is 512 g/mol. The summed E-state index contributed by atoms with van der Waals surface area (Å²) < 4.78 is 18.5. The van der Waals surface area contributed by atoms with Crippen LogP contribution in [0.2, 0.25) is 0 Å². The molecule has 5 heteroatoms. The summed E-state index contributed by atoms with van der Waals surface area (Å²) in [5.41, 5.74) is 3.17. The lowest BCUT2D eigenvalue weighted by Gasteiger charge is -2.60. The molecule has 12 atom stereocenters. The third-order valence-electron chi connectivity index (χ3n) is 13.9. The van der Waals surface area contributed by atoms with Crippen LogP contribution >= 0.6 is 0 Å². The van der Waals surface area contributed by atoms with E-state index < -0.39 is 0 Å². The predicted octanol–water partition coefficient (Wildman–Crippen LogP) is 4.82. The third-order valence-corrected chi connectivity index (χ3v) is 13.9. The molecule has 1 N–H and O–H groups in total. The summed E-state index contributed by atoms with van der Waals surface area (Å²) in [5, 5.41) is 10.4. The summed E-state index contributed by atoms with van der Waals surface area (Å²) in [7, 11) is 1.75. The first-order chi connectivity index (χ1) is 17.9. The molecule has 0 radical (unpaired) electrons. The van der Waals surface area contributed by atoms with E-state index in [9.17, 15) is 5.11 Å². The van der Waals surface area contributed by atoms with Gasteiger partial charge in [-0.1, -0.05) is 25.5 Å². The topological polar surface area (TPSA) is 51.2 Å². The molecule has 6 aliphatic carbocycles. The number of piperidine rings is 1. The lowest BCUT2D eigenvalue weighted by molar-refractivity contribution is -0.211. The Bertz CT molecular complexity index is 984. The Balaban J connectivity index is 1.04. The van der Waals surface area contributed by atoms with E-state index in [1.807, 2.05) is 0 Å². The van der Waals surface area contributed by atoms with E-state index in [2.05, 4.69) is 24.8 Å². The van der Waals surface area contributed by atoms with Gasteiger partial charge in [0, 0.05) is 37.6 Å². The highest BCUT2D eigenvalue weighted by molar-refractivity contribution is 5.42. The maximum atomic E-state index is 10.4. The predicted molar refractivity (Wildman–Crippen MR) is 142 cm³/mol. The van der Waals surface area contributed by atoms with Gasteiger partial charge in [0.1, 0.15) is 0 Å². The van der Waals surface area contributed by atoms with Gasteiger partial charge in [-0.3, -0.25) is 4.90 Å². The number of likely N-dealkylation sites (tertiary alicyclic amines) is 1. The molecule has 2 saturated heterocycles.